The van der Waals surface area contributed by atoms with Crippen molar-refractivity contribution in [2.45, 2.75) is 19.4 Å². The zero-order chi connectivity index (χ0) is 15.6. The van der Waals surface area contributed by atoms with Crippen molar-refractivity contribution in [1.82, 2.24) is 9.88 Å². The van der Waals surface area contributed by atoms with Gasteiger partial charge in [0, 0.05) is 32.1 Å². The van der Waals surface area contributed by atoms with Crippen LogP contribution in [0, 0.1) is 16.0 Å². The predicted octanol–water partition coefficient (Wildman–Crippen LogP) is 0.874. The van der Waals surface area contributed by atoms with Gasteiger partial charge in [-0.3, -0.25) is 14.9 Å². The Balaban J connectivity index is 2.26. The number of pyridine rings is 1. The van der Waals surface area contributed by atoms with Gasteiger partial charge in [0.2, 0.25) is 0 Å². The minimum absolute atomic E-state index is 0.0404. The van der Waals surface area contributed by atoms with E-state index in [1.165, 1.54) is 6.07 Å². The van der Waals surface area contributed by atoms with Gasteiger partial charge < -0.3 is 15.3 Å². The fraction of sp³-hybridized carbons (Fsp3) is 0.538. The first-order valence-electron chi connectivity index (χ1n) is 6.73. The third-order valence-corrected chi connectivity index (χ3v) is 3.75. The minimum atomic E-state index is -0.578. The van der Waals surface area contributed by atoms with E-state index < -0.39 is 11.0 Å². The summed E-state index contributed by atoms with van der Waals surface area (Å²) in [4.78, 5) is 28.3. The van der Waals surface area contributed by atoms with Crippen LogP contribution in [0.2, 0.25) is 0 Å². The van der Waals surface area contributed by atoms with E-state index in [1.54, 1.807) is 18.9 Å². The maximum absolute atomic E-state index is 12.5. The number of rotatable bonds is 4. The number of nitrogens with zero attached hydrogens (tertiary/aromatic N) is 3. The number of aliphatic hydroxyl groups excluding tert-OH is 1. The molecule has 0 aromatic carbocycles. The average Bonchev–Trinajstić information content (AvgIpc) is 2.95. The van der Waals surface area contributed by atoms with E-state index in [1.807, 2.05) is 0 Å². The number of aliphatic hydroxyl groups is 1. The molecular weight excluding hydrogens is 276 g/mol. The number of carbonyl (C=O) groups is 1. The minimum Gasteiger partial charge on any atom is -0.393 e. The molecule has 2 N–H and O–H groups in total. The summed E-state index contributed by atoms with van der Waals surface area (Å²) in [5.41, 5.74) is -0.0402. The molecule has 0 radical (unpaired) electrons. The van der Waals surface area contributed by atoms with E-state index in [0.717, 1.165) is 12.6 Å². The van der Waals surface area contributed by atoms with E-state index in [0.29, 0.717) is 18.9 Å². The van der Waals surface area contributed by atoms with Gasteiger partial charge in [0.15, 0.2) is 0 Å². The second-order valence-electron chi connectivity index (χ2n) is 5.14. The van der Waals surface area contributed by atoms with E-state index in [2.05, 4.69) is 10.3 Å². The van der Waals surface area contributed by atoms with Gasteiger partial charge >= 0.3 is 0 Å². The number of likely N-dealkylation sites (tertiary alicyclic amines) is 1. The van der Waals surface area contributed by atoms with Gasteiger partial charge in [-0.25, -0.2) is 4.98 Å². The normalized spacial score (nSPS) is 19.4. The molecule has 0 bridgehead atoms. The second kappa shape index (κ2) is 6.04. The van der Waals surface area contributed by atoms with Crippen LogP contribution >= 0.6 is 0 Å². The lowest BCUT2D eigenvalue weighted by Gasteiger charge is -2.18. The monoisotopic (exact) mass is 294 g/mol. The quantitative estimate of drug-likeness (QED) is 0.630. The Hall–Kier alpha value is -2.22. The standard InChI is InChI=1S/C13H18N4O4/c1-8(18)9-3-4-16(7-9)13(19)11-5-10(17(20)21)6-15-12(11)14-2/h5-6,8-9,18H,3-4,7H2,1-2H3,(H,14,15). The van der Waals surface area contributed by atoms with Gasteiger partial charge in [-0.2, -0.15) is 0 Å². The molecule has 2 atom stereocenters. The summed E-state index contributed by atoms with van der Waals surface area (Å²) in [6.45, 7) is 2.68. The fourth-order valence-electron chi connectivity index (χ4n) is 2.45. The van der Waals surface area contributed by atoms with E-state index >= 15 is 0 Å². The highest BCUT2D eigenvalue weighted by atomic mass is 16.6. The number of nitrogens with one attached hydrogen (secondary N) is 1. The van der Waals surface area contributed by atoms with Gasteiger partial charge in [0.25, 0.3) is 11.6 Å². The highest BCUT2D eigenvalue weighted by Crippen LogP contribution is 2.25. The van der Waals surface area contributed by atoms with E-state index in [-0.39, 0.29) is 23.1 Å². The molecule has 1 aliphatic rings. The maximum Gasteiger partial charge on any atom is 0.288 e. The molecule has 1 aromatic rings. The molecule has 1 amide bonds. The number of hydrogen-bond donors (Lipinski definition) is 2. The molecule has 2 unspecified atom stereocenters. The van der Waals surface area contributed by atoms with Gasteiger partial charge in [0.05, 0.1) is 16.6 Å². The molecule has 1 aromatic heterocycles. The maximum atomic E-state index is 12.5. The highest BCUT2D eigenvalue weighted by Gasteiger charge is 2.31. The molecule has 8 nitrogen and oxygen atoms in total. The van der Waals surface area contributed by atoms with Crippen molar-refractivity contribution in [2.75, 3.05) is 25.5 Å². The molecule has 1 saturated heterocycles. The largest absolute Gasteiger partial charge is 0.393 e. The van der Waals surface area contributed by atoms with Crippen LogP contribution in [-0.4, -0.2) is 52.1 Å². The van der Waals surface area contributed by atoms with Crippen LogP contribution in [0.1, 0.15) is 23.7 Å². The number of nitro groups is 1. The van der Waals surface area contributed by atoms with Gasteiger partial charge in [-0.05, 0) is 13.3 Å². The first-order chi connectivity index (χ1) is 9.93. The zero-order valence-electron chi connectivity index (χ0n) is 11.9. The lowest BCUT2D eigenvalue weighted by atomic mass is 10.0. The SMILES string of the molecule is CNc1ncc([N+](=O)[O-])cc1C(=O)N1CCC(C(C)O)C1. The van der Waals surface area contributed by atoms with Crippen molar-refractivity contribution < 1.29 is 14.8 Å². The summed E-state index contributed by atoms with van der Waals surface area (Å²) in [6.07, 6.45) is 1.36. The van der Waals surface area contributed by atoms with Crippen LogP contribution in [0.4, 0.5) is 11.5 Å². The molecule has 8 heteroatoms. The van der Waals surface area contributed by atoms with Crippen molar-refractivity contribution in [3.05, 3.63) is 27.9 Å². The van der Waals surface area contributed by atoms with Crippen LogP contribution in [0.15, 0.2) is 12.3 Å². The summed E-state index contributed by atoms with van der Waals surface area (Å²) >= 11 is 0. The molecule has 0 saturated carbocycles. The molecule has 2 heterocycles. The van der Waals surface area contributed by atoms with Crippen LogP contribution in [0.25, 0.3) is 0 Å². The average molecular weight is 294 g/mol. The summed E-state index contributed by atoms with van der Waals surface area (Å²) in [5.74, 6) is 0.0449. The Kier molecular flexibility index (Phi) is 4.37. The van der Waals surface area contributed by atoms with E-state index in [9.17, 15) is 20.0 Å². The summed E-state index contributed by atoms with van der Waals surface area (Å²) < 4.78 is 0. The second-order valence-corrected chi connectivity index (χ2v) is 5.14. The third kappa shape index (κ3) is 3.10. The Bertz CT molecular complexity index is 561. The van der Waals surface area contributed by atoms with E-state index in [4.69, 9.17) is 0 Å². The van der Waals surface area contributed by atoms with Crippen LogP contribution in [-0.2, 0) is 0 Å². The predicted molar refractivity (Wildman–Crippen MR) is 76.1 cm³/mol. The lowest BCUT2D eigenvalue weighted by Crippen LogP contribution is -2.31. The van der Waals surface area contributed by atoms with Crippen molar-refractivity contribution in [2.24, 2.45) is 5.92 Å². The smallest absolute Gasteiger partial charge is 0.288 e. The zero-order valence-corrected chi connectivity index (χ0v) is 11.9. The number of carbonyl (C=O) groups excluding carboxylic acids is 1. The highest BCUT2D eigenvalue weighted by molar-refractivity contribution is 5.99. The lowest BCUT2D eigenvalue weighted by molar-refractivity contribution is -0.385. The van der Waals surface area contributed by atoms with Crippen molar-refractivity contribution in [3.8, 4) is 0 Å². The molecule has 1 aliphatic heterocycles. The number of amides is 1. The fourth-order valence-corrected chi connectivity index (χ4v) is 2.45. The van der Waals surface area contributed by atoms with Crippen LogP contribution < -0.4 is 5.32 Å². The first kappa shape index (κ1) is 15.2. The summed E-state index contributed by atoms with van der Waals surface area (Å²) in [5, 5.41) is 23.2. The Labute approximate surface area is 121 Å². The topological polar surface area (TPSA) is 109 Å². The van der Waals surface area contributed by atoms with Crippen molar-refractivity contribution in [1.29, 1.82) is 0 Å². The van der Waals surface area contributed by atoms with Crippen molar-refractivity contribution >= 4 is 17.4 Å². The molecular formula is C13H18N4O4. The van der Waals surface area contributed by atoms with Gasteiger partial charge in [0.1, 0.15) is 12.0 Å². The molecule has 1 fully saturated rings. The molecule has 2 rings (SSSR count). The van der Waals surface area contributed by atoms with Crippen molar-refractivity contribution in [3.63, 3.8) is 0 Å². The number of aromatic nitrogens is 1. The number of hydrogen-bond acceptors (Lipinski definition) is 6. The third-order valence-electron chi connectivity index (χ3n) is 3.75. The molecule has 21 heavy (non-hydrogen) atoms. The van der Waals surface area contributed by atoms with Gasteiger partial charge in [-0.15, -0.1) is 0 Å². The van der Waals surface area contributed by atoms with Crippen LogP contribution in [0.3, 0.4) is 0 Å². The molecule has 0 spiro atoms. The number of anilines is 1. The molecule has 0 aliphatic carbocycles. The van der Waals surface area contributed by atoms with Crippen LogP contribution in [0.5, 0.6) is 0 Å². The molecule has 114 valence electrons. The summed E-state index contributed by atoms with van der Waals surface area (Å²) in [7, 11) is 1.60. The van der Waals surface area contributed by atoms with Gasteiger partial charge in [-0.1, -0.05) is 0 Å². The Morgan fingerprint density at radius 3 is 2.90 bits per heavy atom. The Morgan fingerprint density at radius 1 is 1.67 bits per heavy atom. The summed E-state index contributed by atoms with van der Waals surface area (Å²) in [6, 6.07) is 1.23. The first-order valence-corrected chi connectivity index (χ1v) is 6.73. The Morgan fingerprint density at radius 2 is 2.38 bits per heavy atom.